The lowest BCUT2D eigenvalue weighted by atomic mass is 9.90. The van der Waals surface area contributed by atoms with Crippen molar-refractivity contribution in [1.29, 1.82) is 0 Å². The van der Waals surface area contributed by atoms with E-state index >= 15 is 0 Å². The van der Waals surface area contributed by atoms with E-state index in [0.29, 0.717) is 153 Å². The Bertz CT molecular complexity index is 2540. The second-order valence-corrected chi connectivity index (χ2v) is 23.8. The molecule has 5 rings (SSSR count). The maximum absolute atomic E-state index is 14.3. The molecule has 0 aliphatic heterocycles. The molecule has 6 amide bonds. The van der Waals surface area contributed by atoms with Gasteiger partial charge in [0.2, 0.25) is 0 Å². The molecule has 0 atom stereocenters. The number of likely N-dealkylation sites (N-methyl/N-ethyl adjacent to an activating group) is 2. The van der Waals surface area contributed by atoms with E-state index in [9.17, 15) is 28.8 Å². The first-order chi connectivity index (χ1) is 43.5. The number of nitrogens with one attached hydrogen (secondary N) is 6. The summed E-state index contributed by atoms with van der Waals surface area (Å²) in [6, 6.07) is 8.43. The van der Waals surface area contributed by atoms with Crippen molar-refractivity contribution in [3.05, 3.63) is 69.8 Å². The Morgan fingerprint density at radius 2 is 0.589 bits per heavy atom. The van der Waals surface area contributed by atoms with Crippen LogP contribution in [0.2, 0.25) is 0 Å². The van der Waals surface area contributed by atoms with E-state index in [4.69, 9.17) is 51.4 Å². The second kappa shape index (κ2) is 40.7. The van der Waals surface area contributed by atoms with Gasteiger partial charge in [-0.2, -0.15) is 0 Å². The van der Waals surface area contributed by atoms with Crippen molar-refractivity contribution in [2.75, 3.05) is 121 Å². The molecule has 0 bridgehead atoms. The highest BCUT2D eigenvalue weighted by Gasteiger charge is 2.32. The van der Waals surface area contributed by atoms with Gasteiger partial charge in [0, 0.05) is 68.5 Å². The highest BCUT2D eigenvalue weighted by Crippen LogP contribution is 2.35. The SMILES string of the molecule is COc1cc(OC)c(C(=O)N[C@H]2CC[C@H](NC(=O)c3cc(C(=O)NCCN(C)C)c(OCCCCCN)cc3OCCCCCN)CC2)cc1C(=O)N[C@H]1CC[C@@H](NC(=O)c2cc(C(=O)NCCN(C)C)c(OCCCCCN)cc2OCCCCCN)CC1. The Balaban J connectivity index is 1.23. The van der Waals surface area contributed by atoms with Gasteiger partial charge in [-0.25, -0.2) is 0 Å². The normalized spacial score (nSPS) is 16.4. The minimum Gasteiger partial charge on any atom is -0.496 e. The van der Waals surface area contributed by atoms with Gasteiger partial charge in [-0.05, 0) is 201 Å². The molecule has 2 saturated carbocycles. The molecule has 2 aliphatic rings. The molecule has 0 unspecified atom stereocenters. The Morgan fingerprint density at radius 1 is 0.356 bits per heavy atom. The third kappa shape index (κ3) is 24.7. The van der Waals surface area contributed by atoms with Crippen LogP contribution in [0.5, 0.6) is 34.5 Å². The van der Waals surface area contributed by atoms with Crippen molar-refractivity contribution in [2.24, 2.45) is 22.9 Å². The van der Waals surface area contributed by atoms with Crippen LogP contribution in [0.25, 0.3) is 0 Å². The summed E-state index contributed by atoms with van der Waals surface area (Å²) in [5.74, 6) is -0.651. The molecule has 502 valence electrons. The number of carbonyl (C=O) groups is 6. The van der Waals surface area contributed by atoms with Crippen molar-refractivity contribution < 1.29 is 57.2 Å². The quantitative estimate of drug-likeness (QED) is 0.0323. The molecule has 14 N–H and O–H groups in total. The summed E-state index contributed by atoms with van der Waals surface area (Å²) >= 11 is 0. The number of benzene rings is 3. The van der Waals surface area contributed by atoms with Gasteiger partial charge in [0.05, 0.1) is 74.0 Å². The molecule has 24 heteroatoms. The first-order valence-electron chi connectivity index (χ1n) is 32.6. The molecule has 2 fully saturated rings. The van der Waals surface area contributed by atoms with Crippen LogP contribution in [-0.2, 0) is 0 Å². The van der Waals surface area contributed by atoms with Crippen molar-refractivity contribution in [3.63, 3.8) is 0 Å². The predicted octanol–water partition coefficient (Wildman–Crippen LogP) is 5.26. The van der Waals surface area contributed by atoms with Crippen LogP contribution in [0.3, 0.4) is 0 Å². The molecule has 0 saturated heterocycles. The molecule has 0 spiro atoms. The molecule has 0 radical (unpaired) electrons. The Morgan fingerprint density at radius 3 is 0.822 bits per heavy atom. The van der Waals surface area contributed by atoms with Crippen LogP contribution >= 0.6 is 0 Å². The van der Waals surface area contributed by atoms with Crippen molar-refractivity contribution in [3.8, 4) is 34.5 Å². The molecule has 24 nitrogen and oxygen atoms in total. The zero-order chi connectivity index (χ0) is 65.2. The third-order valence-corrected chi connectivity index (χ3v) is 16.1. The first-order valence-corrected chi connectivity index (χ1v) is 32.6. The first kappa shape index (κ1) is 73.8. The molecule has 3 aromatic carbocycles. The Kier molecular flexibility index (Phi) is 33.4. The Hall–Kier alpha value is -6.96. The summed E-state index contributed by atoms with van der Waals surface area (Å²) in [6.07, 6.45) is 14.2. The molecule has 2 aliphatic carbocycles. The van der Waals surface area contributed by atoms with E-state index in [0.717, 1.165) is 77.0 Å². The Labute approximate surface area is 533 Å². The lowest BCUT2D eigenvalue weighted by molar-refractivity contribution is 0.0882. The third-order valence-electron chi connectivity index (χ3n) is 16.1. The summed E-state index contributed by atoms with van der Waals surface area (Å²) in [7, 11) is 10.6. The van der Waals surface area contributed by atoms with Crippen molar-refractivity contribution in [1.82, 2.24) is 41.7 Å². The number of hydrogen-bond donors (Lipinski definition) is 10. The van der Waals surface area contributed by atoms with Crippen LogP contribution in [-0.4, -0.2) is 191 Å². The zero-order valence-electron chi connectivity index (χ0n) is 54.5. The fraction of sp³-hybridized carbons (Fsp3) is 0.636. The molecule has 90 heavy (non-hydrogen) atoms. The average Bonchev–Trinajstić information content (AvgIpc) is 0.977. The number of carbonyl (C=O) groups excluding carboxylic acids is 6. The van der Waals surface area contributed by atoms with Crippen LogP contribution in [0.1, 0.15) is 191 Å². The van der Waals surface area contributed by atoms with Crippen LogP contribution in [0.4, 0.5) is 0 Å². The largest absolute Gasteiger partial charge is 0.496 e. The van der Waals surface area contributed by atoms with Gasteiger partial charge >= 0.3 is 0 Å². The van der Waals surface area contributed by atoms with Crippen LogP contribution < -0.4 is 83.3 Å². The minimum absolute atomic E-state index is 0.153. The standard InChI is InChI=1S/C66H106N12O12/c1-77(2)33-31-71-61(79)51-40-53(59(89-37-17-9-13-29-69)43-57(51)87-35-15-7-11-27-67)65(83)75-47-23-19-45(20-24-47)73-63(81)49-39-50(56(86-6)42-55(49)85-5)64(82)74-46-21-25-48(26-22-46)76-66(84)54-41-52(62(80)72-32-34-78(3)4)58(88-36-16-8-12-28-68)44-60(54)90-38-18-10-14-30-70/h39-48H,7-38,67-70H2,1-6H3,(H,71,79)(H,72,80)(H,73,81)(H,74,82)(H,75,83)(H,76,84)/t45-,46-,47-,48+. The van der Waals surface area contributed by atoms with E-state index < -0.39 is 23.6 Å². The number of hydrogen-bond acceptors (Lipinski definition) is 18. The number of rotatable bonds is 42. The zero-order valence-corrected chi connectivity index (χ0v) is 54.5. The summed E-state index contributed by atoms with van der Waals surface area (Å²) in [4.78, 5) is 88.3. The highest BCUT2D eigenvalue weighted by molar-refractivity contribution is 6.05. The number of nitrogens with zero attached hydrogens (tertiary/aromatic N) is 2. The number of ether oxygens (including phenoxy) is 6. The van der Waals surface area contributed by atoms with Crippen LogP contribution in [0, 0.1) is 0 Å². The van der Waals surface area contributed by atoms with Crippen molar-refractivity contribution >= 4 is 35.4 Å². The summed E-state index contributed by atoms with van der Waals surface area (Å²) < 4.78 is 36.2. The van der Waals surface area contributed by atoms with Gasteiger partial charge in [-0.3, -0.25) is 28.8 Å². The molecule has 0 aromatic heterocycles. The smallest absolute Gasteiger partial charge is 0.255 e. The maximum Gasteiger partial charge on any atom is 0.255 e. The number of nitrogens with two attached hydrogens (primary N) is 4. The summed E-state index contributed by atoms with van der Waals surface area (Å²) in [6.45, 7) is 5.71. The fourth-order valence-electron chi connectivity index (χ4n) is 10.8. The number of amides is 6. The van der Waals surface area contributed by atoms with E-state index in [1.54, 1.807) is 24.3 Å². The molecule has 0 heterocycles. The van der Waals surface area contributed by atoms with Gasteiger partial charge in [-0.15, -0.1) is 0 Å². The molecular weight excluding hydrogens is 1150 g/mol. The monoisotopic (exact) mass is 1260 g/mol. The second-order valence-electron chi connectivity index (χ2n) is 23.8. The van der Waals surface area contributed by atoms with Crippen LogP contribution in [0.15, 0.2) is 36.4 Å². The fourth-order valence-corrected chi connectivity index (χ4v) is 10.8. The molecule has 3 aromatic rings. The van der Waals surface area contributed by atoms with Crippen molar-refractivity contribution in [2.45, 2.75) is 153 Å². The van der Waals surface area contributed by atoms with Gasteiger partial charge in [0.1, 0.15) is 34.5 Å². The van der Waals surface area contributed by atoms with E-state index in [-0.39, 0.29) is 80.9 Å². The summed E-state index contributed by atoms with van der Waals surface area (Å²) in [5, 5.41) is 18.5. The van der Waals surface area contributed by atoms with Gasteiger partial charge in [-0.1, -0.05) is 0 Å². The van der Waals surface area contributed by atoms with Gasteiger partial charge < -0.3 is 93.1 Å². The average molecular weight is 1260 g/mol. The van der Waals surface area contributed by atoms with E-state index in [1.807, 2.05) is 38.0 Å². The number of methoxy groups -OCH3 is 2. The lowest BCUT2D eigenvalue weighted by Crippen LogP contribution is -2.44. The van der Waals surface area contributed by atoms with Gasteiger partial charge in [0.25, 0.3) is 35.4 Å². The topological polar surface area (TPSA) is 341 Å². The molecular formula is C66H106N12O12. The minimum atomic E-state index is -0.434. The maximum atomic E-state index is 14.3. The van der Waals surface area contributed by atoms with E-state index in [2.05, 4.69) is 31.9 Å². The number of unbranched alkanes of at least 4 members (excludes halogenated alkanes) is 8. The lowest BCUT2D eigenvalue weighted by Gasteiger charge is -2.30. The summed E-state index contributed by atoms with van der Waals surface area (Å²) in [5.41, 5.74) is 24.1. The van der Waals surface area contributed by atoms with Gasteiger partial charge in [0.15, 0.2) is 0 Å². The predicted molar refractivity (Wildman–Crippen MR) is 350 cm³/mol. The highest BCUT2D eigenvalue weighted by atomic mass is 16.5. The van der Waals surface area contributed by atoms with E-state index in [1.165, 1.54) is 26.4 Å².